The molecule has 1 aromatic heterocycles. The van der Waals surface area contributed by atoms with Crippen LogP contribution in [0.4, 0.5) is 0 Å². The first kappa shape index (κ1) is 10.1. The van der Waals surface area contributed by atoms with E-state index in [0.29, 0.717) is 0 Å². The quantitative estimate of drug-likeness (QED) is 0.831. The minimum Gasteiger partial charge on any atom is -0.384 e. The molecular weight excluding hydrogens is 204 g/mol. The molecule has 1 atom stereocenters. The first-order valence-electron chi connectivity index (χ1n) is 4.64. The molecule has 0 amide bonds. The Labute approximate surface area is 93.3 Å². The predicted octanol–water partition coefficient (Wildman–Crippen LogP) is 3.31. The molecule has 0 fully saturated rings. The van der Waals surface area contributed by atoms with Crippen molar-refractivity contribution in [1.29, 1.82) is 0 Å². The Bertz CT molecular complexity index is 445. The van der Waals surface area contributed by atoms with Gasteiger partial charge in [0, 0.05) is 4.88 Å². The monoisotopic (exact) mass is 214 g/mol. The molecule has 0 bridgehead atoms. The highest BCUT2D eigenvalue weighted by molar-refractivity contribution is 7.13. The highest BCUT2D eigenvalue weighted by Crippen LogP contribution is 2.31. The molecule has 2 rings (SSSR count). The fourth-order valence-corrected chi connectivity index (χ4v) is 2.27. The molecule has 2 radical (unpaired) electrons. The molecule has 1 heterocycles. The second-order valence-corrected chi connectivity index (χ2v) is 4.12. The van der Waals surface area contributed by atoms with Crippen LogP contribution in [0.3, 0.4) is 0 Å². The van der Waals surface area contributed by atoms with Crippen molar-refractivity contribution in [3.8, 4) is 10.4 Å². The minimum atomic E-state index is -0.816. The lowest BCUT2D eigenvalue weighted by Crippen LogP contribution is -1.94. The largest absolute Gasteiger partial charge is 0.384 e. The molecule has 0 spiro atoms. The number of hydrogen-bond donors (Lipinski definition) is 1. The topological polar surface area (TPSA) is 20.2 Å². The lowest BCUT2D eigenvalue weighted by Gasteiger charge is -2.10. The number of hydrogen-bond acceptors (Lipinski definition) is 2. The Kier molecular flexibility index (Phi) is 2.99. The Balaban J connectivity index is 2.52. The van der Waals surface area contributed by atoms with E-state index in [-0.39, 0.29) is 0 Å². The lowest BCUT2D eigenvalue weighted by molar-refractivity contribution is 0.229. The van der Waals surface area contributed by atoms with Gasteiger partial charge in [-0.1, -0.05) is 30.3 Å². The third-order valence-corrected chi connectivity index (χ3v) is 3.13. The van der Waals surface area contributed by atoms with Gasteiger partial charge >= 0.3 is 0 Å². The van der Waals surface area contributed by atoms with Gasteiger partial charge in [0.15, 0.2) is 0 Å². The van der Waals surface area contributed by atoms with Crippen molar-refractivity contribution in [2.45, 2.75) is 6.10 Å². The summed E-state index contributed by atoms with van der Waals surface area (Å²) in [7, 11) is 0. The van der Waals surface area contributed by atoms with Crippen molar-refractivity contribution in [3.63, 3.8) is 0 Å². The highest BCUT2D eigenvalue weighted by atomic mass is 32.1. The SMILES string of the molecule is [C]=CC(O)c1ccccc1-c1cccs1. The van der Waals surface area contributed by atoms with Gasteiger partial charge in [-0.15, -0.1) is 11.3 Å². The van der Waals surface area contributed by atoms with E-state index in [9.17, 15) is 5.11 Å². The van der Waals surface area contributed by atoms with Gasteiger partial charge in [0.2, 0.25) is 0 Å². The van der Waals surface area contributed by atoms with Crippen LogP contribution in [0.2, 0.25) is 0 Å². The van der Waals surface area contributed by atoms with E-state index in [0.717, 1.165) is 22.1 Å². The molecule has 74 valence electrons. The fraction of sp³-hybridized carbons (Fsp3) is 0.0769. The van der Waals surface area contributed by atoms with Crippen LogP contribution in [0.15, 0.2) is 47.9 Å². The number of aliphatic hydroxyl groups excluding tert-OH is 1. The van der Waals surface area contributed by atoms with Crippen molar-refractivity contribution < 1.29 is 5.11 Å². The molecule has 0 saturated carbocycles. The van der Waals surface area contributed by atoms with Gasteiger partial charge in [0.05, 0.1) is 6.10 Å². The maximum Gasteiger partial charge on any atom is 0.0987 e. The summed E-state index contributed by atoms with van der Waals surface area (Å²) in [4.78, 5) is 1.12. The van der Waals surface area contributed by atoms with Crippen LogP contribution in [0.5, 0.6) is 0 Å². The summed E-state index contributed by atoms with van der Waals surface area (Å²) in [6.45, 7) is 7.10. The van der Waals surface area contributed by atoms with Crippen LogP contribution < -0.4 is 0 Å². The molecule has 2 aromatic rings. The van der Waals surface area contributed by atoms with Crippen LogP contribution in [0.25, 0.3) is 10.4 Å². The molecule has 0 aliphatic rings. The Hall–Kier alpha value is -1.38. The van der Waals surface area contributed by atoms with E-state index in [1.165, 1.54) is 0 Å². The summed E-state index contributed by atoms with van der Waals surface area (Å²) in [5.74, 6) is 0. The van der Waals surface area contributed by atoms with Crippen molar-refractivity contribution in [2.75, 3.05) is 0 Å². The van der Waals surface area contributed by atoms with Crippen LogP contribution >= 0.6 is 11.3 Å². The molecule has 1 N–H and O–H groups in total. The second-order valence-electron chi connectivity index (χ2n) is 3.18. The first-order chi connectivity index (χ1) is 7.33. The van der Waals surface area contributed by atoms with Gasteiger partial charge < -0.3 is 5.11 Å². The molecule has 1 nitrogen and oxygen atoms in total. The molecule has 1 aromatic carbocycles. The summed E-state index contributed by atoms with van der Waals surface area (Å²) in [5, 5.41) is 11.7. The Morgan fingerprint density at radius 1 is 1.20 bits per heavy atom. The van der Waals surface area contributed by atoms with E-state index in [1.54, 1.807) is 11.3 Å². The van der Waals surface area contributed by atoms with E-state index in [1.807, 2.05) is 41.8 Å². The van der Waals surface area contributed by atoms with Gasteiger partial charge in [-0.25, -0.2) is 0 Å². The zero-order valence-corrected chi connectivity index (χ0v) is 8.87. The van der Waals surface area contributed by atoms with Crippen LogP contribution in [0.1, 0.15) is 11.7 Å². The van der Waals surface area contributed by atoms with Crippen LogP contribution in [0, 0.1) is 6.58 Å². The van der Waals surface area contributed by atoms with Crippen LogP contribution in [-0.2, 0) is 0 Å². The van der Waals surface area contributed by atoms with E-state index in [4.69, 9.17) is 6.58 Å². The van der Waals surface area contributed by atoms with Gasteiger partial charge in [-0.2, -0.15) is 0 Å². The van der Waals surface area contributed by atoms with Crippen molar-refractivity contribution >= 4 is 11.3 Å². The van der Waals surface area contributed by atoms with Gasteiger partial charge in [-0.05, 0) is 35.2 Å². The minimum absolute atomic E-state index is 0.787. The number of benzene rings is 1. The molecule has 2 heteroatoms. The fourth-order valence-electron chi connectivity index (χ4n) is 1.50. The van der Waals surface area contributed by atoms with E-state index < -0.39 is 6.10 Å². The summed E-state index contributed by atoms with van der Waals surface area (Å²) >= 11 is 1.63. The summed E-state index contributed by atoms with van der Waals surface area (Å²) < 4.78 is 0. The van der Waals surface area contributed by atoms with E-state index in [2.05, 4.69) is 0 Å². The zero-order chi connectivity index (χ0) is 10.7. The third kappa shape index (κ3) is 2.01. The number of aliphatic hydroxyl groups is 1. The average molecular weight is 214 g/mol. The highest BCUT2D eigenvalue weighted by Gasteiger charge is 2.10. The Morgan fingerprint density at radius 2 is 2.00 bits per heavy atom. The summed E-state index contributed by atoms with van der Waals surface area (Å²) in [6.07, 6.45) is 0.232. The van der Waals surface area contributed by atoms with Crippen molar-refractivity contribution in [1.82, 2.24) is 0 Å². The molecule has 1 unspecified atom stereocenters. The number of thiophene rings is 1. The molecule has 0 aliphatic heterocycles. The third-order valence-electron chi connectivity index (χ3n) is 2.22. The zero-order valence-electron chi connectivity index (χ0n) is 8.05. The summed E-state index contributed by atoms with van der Waals surface area (Å²) in [5.41, 5.74) is 1.79. The van der Waals surface area contributed by atoms with E-state index >= 15 is 0 Å². The van der Waals surface area contributed by atoms with Crippen molar-refractivity contribution in [3.05, 3.63) is 60.0 Å². The van der Waals surface area contributed by atoms with Crippen LogP contribution in [-0.4, -0.2) is 5.11 Å². The standard InChI is InChI=1S/C13H10OS/c1-2-12(14)10-6-3-4-7-11(10)13-8-5-9-15-13/h2-9,12,14H. The normalized spacial score (nSPS) is 12.3. The predicted molar refractivity (Wildman–Crippen MR) is 62.5 cm³/mol. The smallest absolute Gasteiger partial charge is 0.0987 e. The van der Waals surface area contributed by atoms with Gasteiger partial charge in [0.1, 0.15) is 0 Å². The lowest BCUT2D eigenvalue weighted by atomic mass is 10.0. The maximum absolute atomic E-state index is 9.67. The number of rotatable bonds is 3. The Morgan fingerprint density at radius 3 is 2.67 bits per heavy atom. The molecule has 0 saturated heterocycles. The molecule has 15 heavy (non-hydrogen) atoms. The van der Waals surface area contributed by atoms with Crippen molar-refractivity contribution in [2.24, 2.45) is 0 Å². The maximum atomic E-state index is 9.67. The second kappa shape index (κ2) is 4.43. The molecular formula is C13H10OS. The first-order valence-corrected chi connectivity index (χ1v) is 5.52. The van der Waals surface area contributed by atoms with Gasteiger partial charge in [-0.3, -0.25) is 0 Å². The molecule has 0 aliphatic carbocycles. The average Bonchev–Trinajstić information content (AvgIpc) is 2.81. The summed E-state index contributed by atoms with van der Waals surface area (Å²) in [6, 6.07) is 11.6. The van der Waals surface area contributed by atoms with Gasteiger partial charge in [0.25, 0.3) is 0 Å².